The van der Waals surface area contributed by atoms with Gasteiger partial charge in [0.15, 0.2) is 0 Å². The Bertz CT molecular complexity index is 850. The summed E-state index contributed by atoms with van der Waals surface area (Å²) in [5.74, 6) is -0.400. The molecule has 2 N–H and O–H groups in total. The van der Waals surface area contributed by atoms with Gasteiger partial charge in [-0.3, -0.25) is 9.48 Å². The normalized spacial score (nSPS) is 11.1. The molecule has 0 atom stereocenters. The summed E-state index contributed by atoms with van der Waals surface area (Å²) in [6, 6.07) is 6.44. The number of H-pyrrole nitrogens is 1. The van der Waals surface area contributed by atoms with E-state index in [-0.39, 0.29) is 11.7 Å². The van der Waals surface area contributed by atoms with Gasteiger partial charge in [0.2, 0.25) is 0 Å². The highest BCUT2D eigenvalue weighted by molar-refractivity contribution is 5.92. The maximum Gasteiger partial charge on any atom is 0.269 e. The number of amides is 1. The lowest BCUT2D eigenvalue weighted by molar-refractivity contribution is 0.0943. The fraction of sp³-hybridized carbons (Fsp3) is 0.294. The van der Waals surface area contributed by atoms with Crippen LogP contribution in [0.5, 0.6) is 0 Å². The molecular formula is C17H19FN4O. The quantitative estimate of drug-likeness (QED) is 0.760. The van der Waals surface area contributed by atoms with Crippen LogP contribution in [-0.2, 0) is 13.0 Å². The summed E-state index contributed by atoms with van der Waals surface area (Å²) < 4.78 is 15.0. The molecule has 0 fully saturated rings. The van der Waals surface area contributed by atoms with Gasteiger partial charge < -0.3 is 10.3 Å². The predicted octanol–water partition coefficient (Wildman–Crippen LogP) is 2.80. The van der Waals surface area contributed by atoms with Crippen LogP contribution in [0.15, 0.2) is 30.5 Å². The summed E-state index contributed by atoms with van der Waals surface area (Å²) >= 11 is 0. The van der Waals surface area contributed by atoms with Gasteiger partial charge in [0.05, 0.1) is 5.69 Å². The molecule has 0 saturated carbocycles. The van der Waals surface area contributed by atoms with Crippen LogP contribution in [0, 0.1) is 12.7 Å². The molecule has 0 saturated heterocycles. The second-order valence-corrected chi connectivity index (χ2v) is 5.50. The van der Waals surface area contributed by atoms with Crippen LogP contribution >= 0.6 is 0 Å². The van der Waals surface area contributed by atoms with Crippen LogP contribution < -0.4 is 5.32 Å². The molecule has 0 aliphatic rings. The van der Waals surface area contributed by atoms with Crippen molar-refractivity contribution in [2.75, 3.05) is 6.54 Å². The highest BCUT2D eigenvalue weighted by Crippen LogP contribution is 2.19. The number of hydrogen-bond acceptors (Lipinski definition) is 2. The van der Waals surface area contributed by atoms with Crippen LogP contribution in [-0.4, -0.2) is 27.2 Å². The van der Waals surface area contributed by atoms with Crippen molar-refractivity contribution < 1.29 is 9.18 Å². The Morgan fingerprint density at radius 2 is 2.22 bits per heavy atom. The number of nitrogens with zero attached hydrogens (tertiary/aromatic N) is 2. The highest BCUT2D eigenvalue weighted by atomic mass is 19.1. The number of fused-ring (bicyclic) bond motifs is 1. The lowest BCUT2D eigenvalue weighted by Gasteiger charge is -2.06. The second-order valence-electron chi connectivity index (χ2n) is 5.50. The van der Waals surface area contributed by atoms with Crippen molar-refractivity contribution in [2.45, 2.75) is 26.8 Å². The number of rotatable bonds is 5. The molecule has 3 rings (SSSR count). The Labute approximate surface area is 133 Å². The Balaban J connectivity index is 1.66. The highest BCUT2D eigenvalue weighted by Gasteiger charge is 2.13. The third-order valence-electron chi connectivity index (χ3n) is 3.84. The Kier molecular flexibility index (Phi) is 4.14. The van der Waals surface area contributed by atoms with E-state index in [2.05, 4.69) is 15.4 Å². The van der Waals surface area contributed by atoms with E-state index in [4.69, 9.17) is 0 Å². The zero-order chi connectivity index (χ0) is 16.4. The zero-order valence-corrected chi connectivity index (χ0v) is 13.2. The van der Waals surface area contributed by atoms with E-state index in [0.29, 0.717) is 25.2 Å². The van der Waals surface area contributed by atoms with Crippen LogP contribution in [0.2, 0.25) is 0 Å². The average Bonchev–Trinajstić information content (AvgIpc) is 3.10. The topological polar surface area (TPSA) is 62.7 Å². The van der Waals surface area contributed by atoms with Crippen molar-refractivity contribution in [3.8, 4) is 0 Å². The first kappa shape index (κ1) is 15.3. The van der Waals surface area contributed by atoms with Crippen LogP contribution in [0.3, 0.4) is 0 Å². The van der Waals surface area contributed by atoms with Crippen molar-refractivity contribution in [2.24, 2.45) is 0 Å². The first-order valence-electron chi connectivity index (χ1n) is 7.66. The van der Waals surface area contributed by atoms with Crippen molar-refractivity contribution in [1.82, 2.24) is 20.1 Å². The Morgan fingerprint density at radius 1 is 1.39 bits per heavy atom. The molecule has 2 heterocycles. The molecule has 2 aromatic heterocycles. The number of aromatic nitrogens is 3. The standard InChI is InChI=1S/C17H19FN4O/c1-3-22-16(8-11(2)21-22)17(23)19-7-6-12-10-20-15-5-4-13(18)9-14(12)15/h4-5,8-10,20H,3,6-7H2,1-2H3,(H,19,23). The molecule has 0 unspecified atom stereocenters. The third kappa shape index (κ3) is 3.11. The van der Waals surface area contributed by atoms with Gasteiger partial charge in [-0.15, -0.1) is 0 Å². The molecule has 0 aliphatic heterocycles. The number of aryl methyl sites for hydroxylation is 2. The summed E-state index contributed by atoms with van der Waals surface area (Å²) in [6.45, 7) is 4.95. The maximum absolute atomic E-state index is 13.4. The van der Waals surface area contributed by atoms with E-state index >= 15 is 0 Å². The number of benzene rings is 1. The summed E-state index contributed by atoms with van der Waals surface area (Å²) in [6.07, 6.45) is 2.49. The van der Waals surface area contributed by atoms with Crippen LogP contribution in [0.25, 0.3) is 10.9 Å². The lowest BCUT2D eigenvalue weighted by atomic mass is 10.1. The van der Waals surface area contributed by atoms with Crippen LogP contribution in [0.1, 0.15) is 28.7 Å². The average molecular weight is 314 g/mol. The number of halogens is 1. The fourth-order valence-electron chi connectivity index (χ4n) is 2.73. The SMILES string of the molecule is CCn1nc(C)cc1C(=O)NCCc1c[nH]c2ccc(F)cc12. The smallest absolute Gasteiger partial charge is 0.269 e. The van der Waals surface area contributed by atoms with Crippen molar-refractivity contribution in [1.29, 1.82) is 0 Å². The molecule has 0 aliphatic carbocycles. The minimum Gasteiger partial charge on any atom is -0.361 e. The number of carbonyl (C=O) groups is 1. The van der Waals surface area contributed by atoms with E-state index in [1.807, 2.05) is 20.0 Å². The van der Waals surface area contributed by atoms with Gasteiger partial charge in [0.1, 0.15) is 11.5 Å². The molecule has 120 valence electrons. The number of aromatic amines is 1. The van der Waals surface area contributed by atoms with E-state index in [0.717, 1.165) is 22.2 Å². The number of hydrogen-bond donors (Lipinski definition) is 2. The molecule has 3 aromatic rings. The number of carbonyl (C=O) groups excluding carboxylic acids is 1. The Hall–Kier alpha value is -2.63. The molecular weight excluding hydrogens is 295 g/mol. The van der Waals surface area contributed by atoms with E-state index in [1.54, 1.807) is 16.8 Å². The van der Waals surface area contributed by atoms with Gasteiger partial charge in [0, 0.05) is 30.2 Å². The van der Waals surface area contributed by atoms with Gasteiger partial charge in [-0.05, 0) is 50.1 Å². The van der Waals surface area contributed by atoms with Gasteiger partial charge in [-0.1, -0.05) is 0 Å². The van der Waals surface area contributed by atoms with Gasteiger partial charge in [-0.25, -0.2) is 4.39 Å². The molecule has 5 nitrogen and oxygen atoms in total. The minimum absolute atomic E-state index is 0.140. The largest absolute Gasteiger partial charge is 0.361 e. The van der Waals surface area contributed by atoms with E-state index in [1.165, 1.54) is 12.1 Å². The van der Waals surface area contributed by atoms with Crippen molar-refractivity contribution >= 4 is 16.8 Å². The zero-order valence-electron chi connectivity index (χ0n) is 13.2. The maximum atomic E-state index is 13.4. The summed E-state index contributed by atoms with van der Waals surface area (Å²) in [5.41, 5.74) is 3.27. The van der Waals surface area contributed by atoms with E-state index < -0.39 is 0 Å². The predicted molar refractivity (Wildman–Crippen MR) is 86.9 cm³/mol. The lowest BCUT2D eigenvalue weighted by Crippen LogP contribution is -2.28. The van der Waals surface area contributed by atoms with Gasteiger partial charge >= 0.3 is 0 Å². The molecule has 0 radical (unpaired) electrons. The minimum atomic E-state index is -0.260. The van der Waals surface area contributed by atoms with Gasteiger partial charge in [-0.2, -0.15) is 5.10 Å². The molecule has 6 heteroatoms. The van der Waals surface area contributed by atoms with Crippen molar-refractivity contribution in [3.05, 3.63) is 53.2 Å². The fourth-order valence-corrected chi connectivity index (χ4v) is 2.73. The second kappa shape index (κ2) is 6.24. The first-order chi connectivity index (χ1) is 11.1. The van der Waals surface area contributed by atoms with E-state index in [9.17, 15) is 9.18 Å². The third-order valence-corrected chi connectivity index (χ3v) is 3.84. The van der Waals surface area contributed by atoms with Gasteiger partial charge in [0.25, 0.3) is 5.91 Å². The molecule has 0 spiro atoms. The summed E-state index contributed by atoms with van der Waals surface area (Å²) in [4.78, 5) is 15.4. The molecule has 0 bridgehead atoms. The first-order valence-corrected chi connectivity index (χ1v) is 7.66. The molecule has 23 heavy (non-hydrogen) atoms. The van der Waals surface area contributed by atoms with Crippen LogP contribution in [0.4, 0.5) is 4.39 Å². The monoisotopic (exact) mass is 314 g/mol. The van der Waals surface area contributed by atoms with Crippen molar-refractivity contribution in [3.63, 3.8) is 0 Å². The summed E-state index contributed by atoms with van der Waals surface area (Å²) in [5, 5.41) is 8.02. The molecule has 1 amide bonds. The molecule has 1 aromatic carbocycles. The Morgan fingerprint density at radius 3 is 3.00 bits per heavy atom. The summed E-state index contributed by atoms with van der Waals surface area (Å²) in [7, 11) is 0. The number of nitrogens with one attached hydrogen (secondary N) is 2.